The van der Waals surface area contributed by atoms with Crippen molar-refractivity contribution in [3.05, 3.63) is 88.8 Å². The zero-order valence-electron chi connectivity index (χ0n) is 13.9. The maximum Gasteiger partial charge on any atom is 0.416 e. The number of hydrogen-bond acceptors (Lipinski definition) is 3. The monoisotopic (exact) mass is 366 g/mol. The molecule has 27 heavy (non-hydrogen) atoms. The van der Waals surface area contributed by atoms with Crippen molar-refractivity contribution in [2.75, 3.05) is 0 Å². The van der Waals surface area contributed by atoms with Gasteiger partial charge in [-0.25, -0.2) is 0 Å². The van der Waals surface area contributed by atoms with Gasteiger partial charge in [0.1, 0.15) is 17.4 Å². The predicted molar refractivity (Wildman–Crippen MR) is 94.7 cm³/mol. The standard InChI is InChI=1S/C21H13F3N2O/c22-21(23,24)17-8-4-3-7-14(17)18-15-10-9-12-5-1-2-6-13(12)19(15)27-20(26)16(18)11-25/h1-10,18H,26H2/t18-/m0/s1. The van der Waals surface area contributed by atoms with Gasteiger partial charge in [-0.1, -0.05) is 54.6 Å². The van der Waals surface area contributed by atoms with Crippen LogP contribution in [0.15, 0.2) is 72.1 Å². The smallest absolute Gasteiger partial charge is 0.416 e. The number of alkyl halides is 3. The minimum absolute atomic E-state index is 0.0238. The zero-order chi connectivity index (χ0) is 19.2. The number of benzene rings is 3. The number of ether oxygens (including phenoxy) is 1. The number of hydrogen-bond donors (Lipinski definition) is 1. The van der Waals surface area contributed by atoms with E-state index in [-0.39, 0.29) is 17.0 Å². The number of nitriles is 1. The highest BCUT2D eigenvalue weighted by Crippen LogP contribution is 2.48. The lowest BCUT2D eigenvalue weighted by molar-refractivity contribution is -0.138. The molecule has 1 aliphatic rings. The van der Waals surface area contributed by atoms with Gasteiger partial charge in [0.15, 0.2) is 0 Å². The van der Waals surface area contributed by atoms with Crippen molar-refractivity contribution in [3.63, 3.8) is 0 Å². The van der Waals surface area contributed by atoms with Gasteiger partial charge in [-0.3, -0.25) is 0 Å². The molecule has 3 aromatic rings. The topological polar surface area (TPSA) is 59.0 Å². The Kier molecular flexibility index (Phi) is 3.81. The fraction of sp³-hybridized carbons (Fsp3) is 0.0952. The van der Waals surface area contributed by atoms with Crippen LogP contribution in [0.1, 0.15) is 22.6 Å². The van der Waals surface area contributed by atoms with E-state index in [2.05, 4.69) is 0 Å². The van der Waals surface area contributed by atoms with Gasteiger partial charge in [0.05, 0.1) is 11.5 Å². The largest absolute Gasteiger partial charge is 0.440 e. The second-order valence-corrected chi connectivity index (χ2v) is 6.21. The molecule has 3 aromatic carbocycles. The van der Waals surface area contributed by atoms with E-state index in [4.69, 9.17) is 10.5 Å². The summed E-state index contributed by atoms with van der Waals surface area (Å²) in [5.74, 6) is -0.754. The summed E-state index contributed by atoms with van der Waals surface area (Å²) in [5.41, 5.74) is 5.57. The van der Waals surface area contributed by atoms with Crippen LogP contribution >= 0.6 is 0 Å². The van der Waals surface area contributed by atoms with Gasteiger partial charge in [-0.2, -0.15) is 18.4 Å². The van der Waals surface area contributed by atoms with E-state index in [0.29, 0.717) is 11.3 Å². The Morgan fingerprint density at radius 2 is 1.63 bits per heavy atom. The highest BCUT2D eigenvalue weighted by atomic mass is 19.4. The third-order valence-corrected chi connectivity index (χ3v) is 4.68. The molecule has 0 aromatic heterocycles. The third-order valence-electron chi connectivity index (χ3n) is 4.68. The van der Waals surface area contributed by atoms with Crippen LogP contribution in [-0.4, -0.2) is 0 Å². The van der Waals surface area contributed by atoms with Gasteiger partial charge in [0.25, 0.3) is 0 Å². The van der Waals surface area contributed by atoms with E-state index in [1.54, 1.807) is 12.1 Å². The molecular formula is C21H13F3N2O. The molecule has 0 bridgehead atoms. The molecule has 134 valence electrons. The molecule has 0 fully saturated rings. The van der Waals surface area contributed by atoms with Gasteiger partial charge in [0.2, 0.25) is 5.88 Å². The van der Waals surface area contributed by atoms with Crippen LogP contribution < -0.4 is 10.5 Å². The molecule has 4 rings (SSSR count). The summed E-state index contributed by atoms with van der Waals surface area (Å²) in [4.78, 5) is 0. The van der Waals surface area contributed by atoms with Crippen LogP contribution in [-0.2, 0) is 6.18 Å². The van der Waals surface area contributed by atoms with Gasteiger partial charge in [0, 0.05) is 10.9 Å². The minimum atomic E-state index is -4.55. The molecule has 0 saturated carbocycles. The molecule has 0 spiro atoms. The lowest BCUT2D eigenvalue weighted by Crippen LogP contribution is -2.23. The van der Waals surface area contributed by atoms with E-state index in [0.717, 1.165) is 16.8 Å². The van der Waals surface area contributed by atoms with E-state index >= 15 is 0 Å². The summed E-state index contributed by atoms with van der Waals surface area (Å²) < 4.78 is 46.5. The Morgan fingerprint density at radius 1 is 0.926 bits per heavy atom. The lowest BCUT2D eigenvalue weighted by Gasteiger charge is -2.29. The van der Waals surface area contributed by atoms with Crippen molar-refractivity contribution in [2.24, 2.45) is 5.73 Å². The Morgan fingerprint density at radius 3 is 2.37 bits per heavy atom. The Balaban J connectivity index is 2.05. The Labute approximate surface area is 153 Å². The van der Waals surface area contributed by atoms with Gasteiger partial charge < -0.3 is 10.5 Å². The molecule has 3 nitrogen and oxygen atoms in total. The van der Waals surface area contributed by atoms with E-state index in [1.165, 1.54) is 18.2 Å². The fourth-order valence-electron chi connectivity index (χ4n) is 3.51. The fourth-order valence-corrected chi connectivity index (χ4v) is 3.51. The molecule has 1 atom stereocenters. The predicted octanol–water partition coefficient (Wildman–Crippen LogP) is 5.08. The van der Waals surface area contributed by atoms with Crippen molar-refractivity contribution >= 4 is 10.8 Å². The molecule has 0 radical (unpaired) electrons. The normalized spacial score (nSPS) is 16.6. The molecule has 0 amide bonds. The van der Waals surface area contributed by atoms with Gasteiger partial charge in [-0.05, 0) is 17.0 Å². The van der Waals surface area contributed by atoms with Crippen molar-refractivity contribution in [1.82, 2.24) is 0 Å². The third kappa shape index (κ3) is 2.68. The van der Waals surface area contributed by atoms with Crippen molar-refractivity contribution < 1.29 is 17.9 Å². The lowest BCUT2D eigenvalue weighted by atomic mass is 9.80. The molecule has 0 saturated heterocycles. The quantitative estimate of drug-likeness (QED) is 0.654. The maximum atomic E-state index is 13.6. The average molecular weight is 366 g/mol. The highest BCUT2D eigenvalue weighted by Gasteiger charge is 2.39. The van der Waals surface area contributed by atoms with Gasteiger partial charge in [-0.15, -0.1) is 0 Å². The first-order valence-electron chi connectivity index (χ1n) is 8.17. The first kappa shape index (κ1) is 17.0. The summed E-state index contributed by atoms with van der Waals surface area (Å²) in [7, 11) is 0. The summed E-state index contributed by atoms with van der Waals surface area (Å²) in [6.45, 7) is 0. The first-order valence-corrected chi connectivity index (χ1v) is 8.17. The summed E-state index contributed by atoms with van der Waals surface area (Å²) in [5, 5.41) is 11.2. The van der Waals surface area contributed by atoms with Gasteiger partial charge >= 0.3 is 6.18 Å². The second kappa shape index (κ2) is 6.06. The maximum absolute atomic E-state index is 13.6. The molecule has 0 aliphatic carbocycles. The average Bonchev–Trinajstić information content (AvgIpc) is 2.66. The van der Waals surface area contributed by atoms with Crippen molar-refractivity contribution in [3.8, 4) is 11.8 Å². The minimum Gasteiger partial charge on any atom is -0.440 e. The van der Waals surface area contributed by atoms with E-state index in [9.17, 15) is 18.4 Å². The first-order chi connectivity index (χ1) is 12.9. The molecule has 6 heteroatoms. The number of nitrogens with two attached hydrogens (primary N) is 1. The van der Waals surface area contributed by atoms with Crippen molar-refractivity contribution in [2.45, 2.75) is 12.1 Å². The van der Waals surface area contributed by atoms with Crippen LogP contribution in [0.25, 0.3) is 10.8 Å². The summed E-state index contributed by atoms with van der Waals surface area (Å²) >= 11 is 0. The number of fused-ring (bicyclic) bond motifs is 3. The van der Waals surface area contributed by atoms with Crippen LogP contribution in [0.5, 0.6) is 5.75 Å². The van der Waals surface area contributed by atoms with Crippen molar-refractivity contribution in [1.29, 1.82) is 5.26 Å². The van der Waals surface area contributed by atoms with Crippen LogP contribution in [0.4, 0.5) is 13.2 Å². The number of allylic oxidation sites excluding steroid dienone is 1. The Hall–Kier alpha value is -3.46. The SMILES string of the molecule is N#CC1=C(N)Oc2c(ccc3ccccc23)[C@@H]1c1ccccc1C(F)(F)F. The van der Waals surface area contributed by atoms with E-state index < -0.39 is 17.7 Å². The zero-order valence-corrected chi connectivity index (χ0v) is 13.9. The van der Waals surface area contributed by atoms with Crippen LogP contribution in [0.2, 0.25) is 0 Å². The Bertz CT molecular complexity index is 1130. The number of rotatable bonds is 1. The molecule has 1 aliphatic heterocycles. The summed E-state index contributed by atoms with van der Waals surface area (Å²) in [6, 6.07) is 18.0. The van der Waals surface area contributed by atoms with Crippen LogP contribution in [0, 0.1) is 11.3 Å². The second-order valence-electron chi connectivity index (χ2n) is 6.21. The molecule has 2 N–H and O–H groups in total. The number of halogens is 3. The molecule has 1 heterocycles. The van der Waals surface area contributed by atoms with E-state index in [1.807, 2.05) is 30.3 Å². The number of nitrogens with zero attached hydrogens (tertiary/aromatic N) is 1. The molecule has 0 unspecified atom stereocenters. The summed E-state index contributed by atoms with van der Waals surface area (Å²) in [6.07, 6.45) is -4.55. The van der Waals surface area contributed by atoms with Crippen LogP contribution in [0.3, 0.4) is 0 Å². The molecular weight excluding hydrogens is 353 g/mol. The highest BCUT2D eigenvalue weighted by molar-refractivity contribution is 5.91.